The minimum Gasteiger partial charge on any atom is -0.392 e. The van der Waals surface area contributed by atoms with E-state index in [4.69, 9.17) is 16.7 Å². The highest BCUT2D eigenvalue weighted by atomic mass is 35.5. The molecular weight excluding hydrogens is 337 g/mol. The minimum absolute atomic E-state index is 0.205. The van der Waals surface area contributed by atoms with E-state index in [0.717, 1.165) is 10.1 Å². The number of nitrogens with one attached hydrogen (secondary N) is 1. The largest absolute Gasteiger partial charge is 0.392 e. The van der Waals surface area contributed by atoms with Crippen LogP contribution in [0.5, 0.6) is 0 Å². The van der Waals surface area contributed by atoms with Crippen molar-refractivity contribution in [3.63, 3.8) is 0 Å². The van der Waals surface area contributed by atoms with E-state index in [1.165, 1.54) is 23.5 Å². The Morgan fingerprint density at radius 2 is 2.04 bits per heavy atom. The second-order valence-corrected chi connectivity index (χ2v) is 6.44. The van der Waals surface area contributed by atoms with Gasteiger partial charge in [0.15, 0.2) is 0 Å². The fourth-order valence-corrected chi connectivity index (χ4v) is 3.72. The highest BCUT2D eigenvalue weighted by Crippen LogP contribution is 2.35. The van der Waals surface area contributed by atoms with E-state index in [1.54, 1.807) is 6.07 Å². The maximum atomic E-state index is 13.3. The van der Waals surface area contributed by atoms with Gasteiger partial charge in [-0.25, -0.2) is 4.39 Å². The highest BCUT2D eigenvalue weighted by Gasteiger charge is 2.16. The summed E-state index contributed by atoms with van der Waals surface area (Å²) in [7, 11) is 0. The van der Waals surface area contributed by atoms with E-state index in [1.807, 2.05) is 24.3 Å². The van der Waals surface area contributed by atoms with Crippen molar-refractivity contribution in [1.29, 1.82) is 0 Å². The van der Waals surface area contributed by atoms with E-state index < -0.39 is 5.82 Å². The van der Waals surface area contributed by atoms with E-state index in [2.05, 4.69) is 5.32 Å². The van der Waals surface area contributed by atoms with Crippen molar-refractivity contribution in [1.82, 2.24) is 5.32 Å². The smallest absolute Gasteiger partial charge is 0.263 e. The van der Waals surface area contributed by atoms with Gasteiger partial charge in [-0.15, -0.1) is 11.3 Å². The zero-order valence-corrected chi connectivity index (χ0v) is 13.5. The van der Waals surface area contributed by atoms with Gasteiger partial charge in [-0.1, -0.05) is 35.9 Å². The number of fused-ring (bicyclic) bond motifs is 1. The lowest BCUT2D eigenvalue weighted by Gasteiger charge is -2.06. The molecule has 0 fully saturated rings. The van der Waals surface area contributed by atoms with Crippen LogP contribution in [-0.2, 0) is 13.2 Å². The summed E-state index contributed by atoms with van der Waals surface area (Å²) in [4.78, 5) is 12.8. The van der Waals surface area contributed by atoms with Crippen molar-refractivity contribution in [3.8, 4) is 0 Å². The molecule has 0 bridgehead atoms. The summed E-state index contributed by atoms with van der Waals surface area (Å²) in [5.41, 5.74) is 0.915. The van der Waals surface area contributed by atoms with Crippen LogP contribution in [0.2, 0.25) is 5.02 Å². The Kier molecular flexibility index (Phi) is 4.61. The monoisotopic (exact) mass is 349 g/mol. The van der Waals surface area contributed by atoms with Gasteiger partial charge in [0, 0.05) is 22.2 Å². The molecule has 3 nitrogen and oxygen atoms in total. The lowest BCUT2D eigenvalue weighted by atomic mass is 10.1. The first-order valence-corrected chi connectivity index (χ1v) is 8.13. The summed E-state index contributed by atoms with van der Waals surface area (Å²) in [5.74, 6) is -0.735. The van der Waals surface area contributed by atoms with Gasteiger partial charge in [0.05, 0.1) is 11.6 Å². The number of aliphatic hydroxyl groups is 1. The van der Waals surface area contributed by atoms with Gasteiger partial charge in [0.2, 0.25) is 0 Å². The standard InChI is InChI=1S/C17H13ClFNO2S/c18-15-12-3-1-2-4-14(12)23-16(15)17(22)20-8-10-5-6-13(19)11(7-10)9-21/h1-7,21H,8-9H2,(H,20,22). The van der Waals surface area contributed by atoms with Crippen LogP contribution in [0.25, 0.3) is 10.1 Å². The number of carbonyl (C=O) groups is 1. The van der Waals surface area contributed by atoms with Crippen LogP contribution in [0.15, 0.2) is 42.5 Å². The third kappa shape index (κ3) is 3.22. The van der Waals surface area contributed by atoms with Crippen LogP contribution in [0, 0.1) is 5.82 Å². The summed E-state index contributed by atoms with van der Waals surface area (Å²) >= 11 is 7.60. The van der Waals surface area contributed by atoms with Crippen molar-refractivity contribution in [2.24, 2.45) is 0 Å². The SMILES string of the molecule is O=C(NCc1ccc(F)c(CO)c1)c1sc2ccccc2c1Cl. The molecular formula is C17H13ClFNO2S. The van der Waals surface area contributed by atoms with Gasteiger partial charge in [-0.2, -0.15) is 0 Å². The molecule has 3 rings (SSSR count). The van der Waals surface area contributed by atoms with E-state index in [0.29, 0.717) is 15.5 Å². The van der Waals surface area contributed by atoms with E-state index >= 15 is 0 Å². The maximum absolute atomic E-state index is 13.3. The van der Waals surface area contributed by atoms with Crippen LogP contribution < -0.4 is 5.32 Å². The molecule has 0 aliphatic rings. The number of benzene rings is 2. The third-order valence-corrected chi connectivity index (χ3v) is 5.15. The molecule has 3 aromatic rings. The van der Waals surface area contributed by atoms with Gasteiger partial charge < -0.3 is 10.4 Å². The lowest BCUT2D eigenvalue weighted by molar-refractivity contribution is 0.0955. The third-order valence-electron chi connectivity index (χ3n) is 3.47. The Morgan fingerprint density at radius 1 is 1.26 bits per heavy atom. The first-order chi connectivity index (χ1) is 11.1. The molecule has 0 atom stereocenters. The van der Waals surface area contributed by atoms with Crippen LogP contribution in [0.3, 0.4) is 0 Å². The molecule has 2 N–H and O–H groups in total. The number of aliphatic hydroxyl groups excluding tert-OH is 1. The Bertz CT molecular complexity index is 878. The summed E-state index contributed by atoms with van der Waals surface area (Å²) < 4.78 is 14.3. The number of halogens is 2. The zero-order valence-electron chi connectivity index (χ0n) is 12.0. The first-order valence-electron chi connectivity index (χ1n) is 6.93. The van der Waals surface area contributed by atoms with E-state index in [-0.39, 0.29) is 24.6 Å². The molecule has 0 aliphatic heterocycles. The predicted molar refractivity (Wildman–Crippen MR) is 90.3 cm³/mol. The van der Waals surface area contributed by atoms with Crippen LogP contribution in [0.4, 0.5) is 4.39 Å². The molecule has 0 spiro atoms. The molecule has 118 valence electrons. The number of amides is 1. The molecule has 23 heavy (non-hydrogen) atoms. The normalized spacial score (nSPS) is 10.9. The van der Waals surface area contributed by atoms with Gasteiger partial charge in [-0.3, -0.25) is 4.79 Å². The summed E-state index contributed by atoms with van der Waals surface area (Å²) in [6, 6.07) is 11.9. The fraction of sp³-hybridized carbons (Fsp3) is 0.118. The highest BCUT2D eigenvalue weighted by molar-refractivity contribution is 7.21. The Balaban J connectivity index is 1.77. The lowest BCUT2D eigenvalue weighted by Crippen LogP contribution is -2.22. The molecule has 0 unspecified atom stereocenters. The molecule has 1 heterocycles. The topological polar surface area (TPSA) is 49.3 Å². The quantitative estimate of drug-likeness (QED) is 0.744. The second-order valence-electron chi connectivity index (χ2n) is 5.01. The Morgan fingerprint density at radius 3 is 2.78 bits per heavy atom. The first kappa shape index (κ1) is 15.9. The number of rotatable bonds is 4. The van der Waals surface area contributed by atoms with Crippen LogP contribution in [0.1, 0.15) is 20.8 Å². The number of hydrogen-bond acceptors (Lipinski definition) is 3. The van der Waals surface area contributed by atoms with Crippen molar-refractivity contribution in [3.05, 3.63) is 69.3 Å². The zero-order chi connectivity index (χ0) is 16.4. The molecule has 0 aliphatic carbocycles. The van der Waals surface area contributed by atoms with E-state index in [9.17, 15) is 9.18 Å². The second kappa shape index (κ2) is 6.66. The molecule has 0 saturated heterocycles. The number of hydrogen-bond donors (Lipinski definition) is 2. The predicted octanol–water partition coefficient (Wildman–Crippen LogP) is 4.12. The maximum Gasteiger partial charge on any atom is 0.263 e. The molecule has 0 saturated carbocycles. The molecule has 6 heteroatoms. The molecule has 2 aromatic carbocycles. The minimum atomic E-state index is -0.463. The Hall–Kier alpha value is -1.95. The summed E-state index contributed by atoms with van der Waals surface area (Å²) in [5, 5.41) is 13.1. The van der Waals surface area contributed by atoms with Crippen LogP contribution in [-0.4, -0.2) is 11.0 Å². The molecule has 1 amide bonds. The van der Waals surface area contributed by atoms with Crippen molar-refractivity contribution >= 4 is 38.9 Å². The molecule has 0 radical (unpaired) electrons. The summed E-state index contributed by atoms with van der Waals surface area (Å²) in [6.45, 7) is -0.146. The van der Waals surface area contributed by atoms with Crippen LogP contribution >= 0.6 is 22.9 Å². The number of thiophene rings is 1. The fourth-order valence-electron chi connectivity index (χ4n) is 2.28. The van der Waals surface area contributed by atoms with Crippen molar-refractivity contribution < 1.29 is 14.3 Å². The number of carbonyl (C=O) groups excluding carboxylic acids is 1. The average molecular weight is 350 g/mol. The van der Waals surface area contributed by atoms with Crippen molar-refractivity contribution in [2.45, 2.75) is 13.2 Å². The van der Waals surface area contributed by atoms with Gasteiger partial charge >= 0.3 is 0 Å². The average Bonchev–Trinajstić information content (AvgIpc) is 2.91. The van der Waals surface area contributed by atoms with Crippen molar-refractivity contribution in [2.75, 3.05) is 0 Å². The van der Waals surface area contributed by atoms with Gasteiger partial charge in [-0.05, 0) is 23.8 Å². The summed E-state index contributed by atoms with van der Waals surface area (Å²) in [6.07, 6.45) is 0. The van der Waals surface area contributed by atoms with Gasteiger partial charge in [0.1, 0.15) is 10.7 Å². The molecule has 1 aromatic heterocycles. The Labute approximate surface area is 141 Å². The van der Waals surface area contributed by atoms with Gasteiger partial charge in [0.25, 0.3) is 5.91 Å².